The van der Waals surface area contributed by atoms with Crippen LogP contribution in [0.25, 0.3) is 0 Å². The lowest BCUT2D eigenvalue weighted by Crippen LogP contribution is -2.76. The van der Waals surface area contributed by atoms with Crippen LogP contribution in [0.2, 0.25) is 0 Å². The van der Waals surface area contributed by atoms with Crippen molar-refractivity contribution in [2.24, 2.45) is 0 Å². The Bertz CT molecular complexity index is 1330. The van der Waals surface area contributed by atoms with E-state index < -0.39 is 49.1 Å². The fourth-order valence-corrected chi connectivity index (χ4v) is 5.37. The van der Waals surface area contributed by atoms with Crippen LogP contribution in [0.3, 0.4) is 0 Å². The quantitative estimate of drug-likeness (QED) is 0.181. The smallest absolute Gasteiger partial charge is 0.334 e. The average Bonchev–Trinajstić information content (AvgIpc) is 3.02. The van der Waals surface area contributed by atoms with Gasteiger partial charge in [0.1, 0.15) is 30.4 Å². The fourth-order valence-electron chi connectivity index (χ4n) is 5.37. The van der Waals surface area contributed by atoms with Crippen LogP contribution in [0.4, 0.5) is 18.0 Å². The summed E-state index contributed by atoms with van der Waals surface area (Å²) < 4.78 is 41.0. The van der Waals surface area contributed by atoms with Gasteiger partial charge in [0, 0.05) is 26.1 Å². The van der Waals surface area contributed by atoms with Crippen molar-refractivity contribution in [1.82, 2.24) is 30.5 Å². The first-order chi connectivity index (χ1) is 21.2. The van der Waals surface area contributed by atoms with Crippen molar-refractivity contribution >= 4 is 30.0 Å². The van der Waals surface area contributed by atoms with E-state index >= 15 is 0 Å². The van der Waals surface area contributed by atoms with Gasteiger partial charge in [-0.05, 0) is 67.3 Å². The summed E-state index contributed by atoms with van der Waals surface area (Å²) in [5.41, 5.74) is 1.39. The Labute approximate surface area is 253 Å². The zero-order valence-electron chi connectivity index (χ0n) is 24.2. The highest BCUT2D eigenvalue weighted by molar-refractivity contribution is 5.91. The maximum atomic E-state index is 14.2. The first-order valence-corrected chi connectivity index (χ1v) is 14.4. The highest BCUT2D eigenvalue weighted by Gasteiger charge is 2.51. The van der Waals surface area contributed by atoms with Crippen LogP contribution in [-0.4, -0.2) is 95.0 Å². The average molecular weight is 616 g/mol. The molecule has 0 spiro atoms. The van der Waals surface area contributed by atoms with Gasteiger partial charge < -0.3 is 25.8 Å². The molecule has 3 N–H and O–H groups in total. The normalized spacial score (nSPS) is 18.7. The van der Waals surface area contributed by atoms with E-state index in [4.69, 9.17) is 5.41 Å². The number of hydrogen-bond acceptors (Lipinski definition) is 6. The van der Waals surface area contributed by atoms with Crippen LogP contribution in [0.5, 0.6) is 0 Å². The van der Waals surface area contributed by atoms with Gasteiger partial charge in [0.2, 0.25) is 17.7 Å². The van der Waals surface area contributed by atoms with Gasteiger partial charge in [-0.15, -0.1) is 0 Å². The van der Waals surface area contributed by atoms with Gasteiger partial charge in [0.05, 0.1) is 6.54 Å². The van der Waals surface area contributed by atoms with Crippen molar-refractivity contribution in [3.05, 3.63) is 71.3 Å². The third-order valence-corrected chi connectivity index (χ3v) is 7.61. The summed E-state index contributed by atoms with van der Waals surface area (Å²) in [5.74, 6) is -1.91. The lowest BCUT2D eigenvalue weighted by atomic mass is 10.0. The third-order valence-electron chi connectivity index (χ3n) is 7.61. The second-order valence-corrected chi connectivity index (χ2v) is 10.6. The SMILES string of the molecule is N=CCCC(=O)NCCC[C@H]1C(=O)N(CCc2ccc(F)cc2)C[C@H]2N1C(=O)CN(CF)N2C(=O)NCc1ccc(F)cc1. The molecule has 2 fully saturated rings. The molecular formula is C30H36F3N7O4. The molecule has 2 atom stereocenters. The number of nitrogens with zero attached hydrogens (tertiary/aromatic N) is 4. The summed E-state index contributed by atoms with van der Waals surface area (Å²) in [6, 6.07) is 9.71. The number of alkyl halides is 1. The summed E-state index contributed by atoms with van der Waals surface area (Å²) in [4.78, 5) is 55.4. The molecule has 2 aliphatic rings. The van der Waals surface area contributed by atoms with Crippen molar-refractivity contribution in [2.75, 3.05) is 33.0 Å². The molecule has 44 heavy (non-hydrogen) atoms. The largest absolute Gasteiger partial charge is 0.356 e. The molecule has 0 radical (unpaired) electrons. The van der Waals surface area contributed by atoms with Gasteiger partial charge in [-0.1, -0.05) is 24.3 Å². The van der Waals surface area contributed by atoms with Crippen molar-refractivity contribution in [2.45, 2.75) is 50.9 Å². The monoisotopic (exact) mass is 615 g/mol. The Kier molecular flexibility index (Phi) is 11.3. The fraction of sp³-hybridized carbons (Fsp3) is 0.433. The topological polar surface area (TPSA) is 129 Å². The predicted octanol–water partition coefficient (Wildman–Crippen LogP) is 2.57. The highest BCUT2D eigenvalue weighted by atomic mass is 19.1. The van der Waals surface area contributed by atoms with Crippen molar-refractivity contribution < 1.29 is 32.3 Å². The molecule has 0 aromatic heterocycles. The summed E-state index contributed by atoms with van der Waals surface area (Å²) in [5, 5.41) is 14.6. The van der Waals surface area contributed by atoms with Crippen molar-refractivity contribution in [1.29, 1.82) is 5.41 Å². The number of nitrogens with one attached hydrogen (secondary N) is 3. The molecule has 2 aliphatic heterocycles. The summed E-state index contributed by atoms with van der Waals surface area (Å²) in [6.07, 6.45) is 1.51. The van der Waals surface area contributed by atoms with Gasteiger partial charge in [0.25, 0.3) is 0 Å². The van der Waals surface area contributed by atoms with Crippen LogP contribution in [-0.2, 0) is 27.3 Å². The Morgan fingerprint density at radius 2 is 1.64 bits per heavy atom. The van der Waals surface area contributed by atoms with Crippen molar-refractivity contribution in [3.63, 3.8) is 0 Å². The Balaban J connectivity index is 1.54. The minimum atomic E-state index is -1.13. The molecule has 236 valence electrons. The molecule has 4 rings (SSSR count). The minimum absolute atomic E-state index is 0.0186. The maximum Gasteiger partial charge on any atom is 0.334 e. The highest BCUT2D eigenvalue weighted by Crippen LogP contribution is 2.29. The molecule has 11 nitrogen and oxygen atoms in total. The molecule has 2 heterocycles. The lowest BCUT2D eigenvalue weighted by molar-refractivity contribution is -0.195. The van der Waals surface area contributed by atoms with Crippen LogP contribution in [0, 0.1) is 17.0 Å². The number of halogens is 3. The van der Waals surface area contributed by atoms with Gasteiger partial charge in [0.15, 0.2) is 6.80 Å². The van der Waals surface area contributed by atoms with Gasteiger partial charge in [-0.25, -0.2) is 23.0 Å². The number of benzene rings is 2. The van der Waals surface area contributed by atoms with E-state index in [9.17, 15) is 32.3 Å². The standard InChI is InChI=1S/C30H36F3N7O4/c31-20-38-19-28(42)39-25(3-2-15-35-26(41)4-1-14-34)29(43)37(16-13-21-5-9-23(32)10-6-21)18-27(39)40(38)30(44)36-17-22-7-11-24(33)12-8-22/h5-12,14,25,27,34H,1-4,13,15-20H2,(H,35,41)(H,36,44)/t25-,27-/m0/s1. The van der Waals surface area contributed by atoms with Gasteiger partial charge in [-0.3, -0.25) is 14.4 Å². The number of hydrazine groups is 1. The number of amides is 5. The zero-order valence-corrected chi connectivity index (χ0v) is 24.2. The van der Waals surface area contributed by atoms with E-state index in [2.05, 4.69) is 10.6 Å². The molecule has 14 heteroatoms. The zero-order chi connectivity index (χ0) is 31.6. The number of carbonyl (C=O) groups excluding carboxylic acids is 4. The van der Waals surface area contributed by atoms with E-state index in [0.717, 1.165) is 21.8 Å². The van der Waals surface area contributed by atoms with Gasteiger partial charge in [-0.2, -0.15) is 5.01 Å². The van der Waals surface area contributed by atoms with Crippen LogP contribution in [0.15, 0.2) is 48.5 Å². The Morgan fingerprint density at radius 1 is 0.977 bits per heavy atom. The van der Waals surface area contributed by atoms with E-state index in [-0.39, 0.29) is 50.8 Å². The maximum absolute atomic E-state index is 14.2. The molecule has 0 aliphatic carbocycles. The third kappa shape index (κ3) is 8.13. The van der Waals surface area contributed by atoms with Gasteiger partial charge >= 0.3 is 6.03 Å². The molecule has 0 bridgehead atoms. The molecule has 2 aromatic carbocycles. The second-order valence-electron chi connectivity index (χ2n) is 10.6. The van der Waals surface area contributed by atoms with E-state index in [1.165, 1.54) is 46.2 Å². The van der Waals surface area contributed by atoms with Crippen LogP contribution >= 0.6 is 0 Å². The van der Waals surface area contributed by atoms with Crippen LogP contribution in [0.1, 0.15) is 36.8 Å². The van der Waals surface area contributed by atoms with E-state index in [1.807, 2.05) is 0 Å². The number of urea groups is 1. The number of fused-ring (bicyclic) bond motifs is 1. The first kappa shape index (κ1) is 32.5. The number of rotatable bonds is 13. The van der Waals surface area contributed by atoms with Crippen LogP contribution < -0.4 is 10.6 Å². The lowest BCUT2D eigenvalue weighted by Gasteiger charge is -2.54. The van der Waals surface area contributed by atoms with E-state index in [0.29, 0.717) is 24.8 Å². The molecule has 2 saturated heterocycles. The Hall–Kier alpha value is -4.46. The predicted molar refractivity (Wildman–Crippen MR) is 155 cm³/mol. The summed E-state index contributed by atoms with van der Waals surface area (Å²) >= 11 is 0. The number of hydrogen-bond donors (Lipinski definition) is 3. The summed E-state index contributed by atoms with van der Waals surface area (Å²) in [6.45, 7) is -1.21. The molecular weight excluding hydrogens is 579 g/mol. The molecule has 0 unspecified atom stereocenters. The molecule has 5 amide bonds. The van der Waals surface area contributed by atoms with E-state index in [1.54, 1.807) is 12.1 Å². The second kappa shape index (κ2) is 15.3. The number of carbonyl (C=O) groups is 4. The minimum Gasteiger partial charge on any atom is -0.356 e. The molecule has 2 aromatic rings. The first-order valence-electron chi connectivity index (χ1n) is 14.4. The van der Waals surface area contributed by atoms with Crippen molar-refractivity contribution in [3.8, 4) is 0 Å². The summed E-state index contributed by atoms with van der Waals surface area (Å²) in [7, 11) is 0. The molecule has 0 saturated carbocycles. The Morgan fingerprint density at radius 3 is 2.27 bits per heavy atom. The number of piperazine rings is 1.